The lowest BCUT2D eigenvalue weighted by molar-refractivity contribution is -0.120. The average Bonchev–Trinajstić information content (AvgIpc) is 2.53. The minimum absolute atomic E-state index is 0.129. The van der Waals surface area contributed by atoms with Gasteiger partial charge in [-0.2, -0.15) is 0 Å². The molecule has 0 spiro atoms. The van der Waals surface area contributed by atoms with Crippen LogP contribution in [0.4, 0.5) is 11.4 Å². The first kappa shape index (κ1) is 19.2. The Kier molecular flexibility index (Phi) is 6.41. The topological polar surface area (TPSA) is 95.6 Å². The molecule has 1 aromatic rings. The second-order valence-electron chi connectivity index (χ2n) is 6.40. The standard InChI is InChI=1S/C17H25N3O4S/c1-13(21)18-15-8-10-16(11-9-15)20(25(2,23)24)12-17(22)19-14-6-4-3-5-7-14/h8-11,14H,3-7,12H2,1-2H3,(H,18,21)(H,19,22). The third kappa shape index (κ3) is 6.04. The van der Waals surface area contributed by atoms with Crippen LogP contribution in [0, 0.1) is 0 Å². The lowest BCUT2D eigenvalue weighted by atomic mass is 9.95. The van der Waals surface area contributed by atoms with E-state index in [1.54, 1.807) is 24.3 Å². The van der Waals surface area contributed by atoms with E-state index in [1.807, 2.05) is 0 Å². The van der Waals surface area contributed by atoms with Gasteiger partial charge >= 0.3 is 0 Å². The highest BCUT2D eigenvalue weighted by Gasteiger charge is 2.23. The van der Waals surface area contributed by atoms with Crippen LogP contribution in [-0.4, -0.2) is 39.1 Å². The van der Waals surface area contributed by atoms with Crippen molar-refractivity contribution >= 4 is 33.2 Å². The number of carbonyl (C=O) groups is 2. The summed E-state index contributed by atoms with van der Waals surface area (Å²) in [5.41, 5.74) is 0.951. The second-order valence-corrected chi connectivity index (χ2v) is 8.31. The molecule has 25 heavy (non-hydrogen) atoms. The molecule has 2 N–H and O–H groups in total. The first-order chi connectivity index (χ1) is 11.8. The number of rotatable bonds is 6. The molecule has 1 fully saturated rings. The first-order valence-corrected chi connectivity index (χ1v) is 10.3. The van der Waals surface area contributed by atoms with Gasteiger partial charge in [0.2, 0.25) is 21.8 Å². The van der Waals surface area contributed by atoms with Crippen molar-refractivity contribution in [3.63, 3.8) is 0 Å². The van der Waals surface area contributed by atoms with E-state index in [-0.39, 0.29) is 24.4 Å². The molecule has 0 bridgehead atoms. The highest BCUT2D eigenvalue weighted by atomic mass is 32.2. The molecule has 1 aromatic carbocycles. The zero-order chi connectivity index (χ0) is 18.4. The number of carbonyl (C=O) groups excluding carboxylic acids is 2. The maximum Gasteiger partial charge on any atom is 0.240 e. The van der Waals surface area contributed by atoms with Crippen molar-refractivity contribution in [2.75, 3.05) is 22.4 Å². The van der Waals surface area contributed by atoms with Gasteiger partial charge < -0.3 is 10.6 Å². The van der Waals surface area contributed by atoms with Crippen molar-refractivity contribution in [1.82, 2.24) is 5.32 Å². The molecule has 0 heterocycles. The van der Waals surface area contributed by atoms with E-state index in [0.717, 1.165) is 36.2 Å². The summed E-state index contributed by atoms with van der Waals surface area (Å²) in [6.45, 7) is 1.14. The molecular weight excluding hydrogens is 342 g/mol. The van der Waals surface area contributed by atoms with E-state index in [2.05, 4.69) is 10.6 Å². The summed E-state index contributed by atoms with van der Waals surface area (Å²) >= 11 is 0. The molecule has 0 saturated heterocycles. The number of benzene rings is 1. The van der Waals surface area contributed by atoms with Gasteiger partial charge in [0.1, 0.15) is 6.54 Å². The largest absolute Gasteiger partial charge is 0.352 e. The number of hydrogen-bond acceptors (Lipinski definition) is 4. The number of sulfonamides is 1. The lowest BCUT2D eigenvalue weighted by Crippen LogP contribution is -2.44. The Labute approximate surface area is 148 Å². The van der Waals surface area contributed by atoms with E-state index in [0.29, 0.717) is 11.4 Å². The molecule has 138 valence electrons. The number of nitrogens with zero attached hydrogens (tertiary/aromatic N) is 1. The molecule has 1 aliphatic carbocycles. The van der Waals surface area contributed by atoms with Gasteiger partial charge in [-0.25, -0.2) is 8.42 Å². The van der Waals surface area contributed by atoms with E-state index < -0.39 is 10.0 Å². The Morgan fingerprint density at radius 2 is 1.72 bits per heavy atom. The Bertz CT molecular complexity index is 710. The highest BCUT2D eigenvalue weighted by Crippen LogP contribution is 2.21. The summed E-state index contributed by atoms with van der Waals surface area (Å²) in [7, 11) is -3.60. The van der Waals surface area contributed by atoms with Crippen LogP contribution >= 0.6 is 0 Å². The van der Waals surface area contributed by atoms with Gasteiger partial charge in [-0.05, 0) is 37.1 Å². The van der Waals surface area contributed by atoms with Crippen LogP contribution in [0.3, 0.4) is 0 Å². The predicted octanol–water partition coefficient (Wildman–Crippen LogP) is 1.86. The summed E-state index contributed by atoms with van der Waals surface area (Å²) in [4.78, 5) is 23.3. The molecule has 0 unspecified atom stereocenters. The molecule has 0 atom stereocenters. The van der Waals surface area contributed by atoms with Crippen LogP contribution < -0.4 is 14.9 Å². The fourth-order valence-electron chi connectivity index (χ4n) is 2.96. The minimum Gasteiger partial charge on any atom is -0.352 e. The van der Waals surface area contributed by atoms with Crippen molar-refractivity contribution in [3.05, 3.63) is 24.3 Å². The molecular formula is C17H25N3O4S. The van der Waals surface area contributed by atoms with Gasteiger partial charge in [-0.1, -0.05) is 19.3 Å². The summed E-state index contributed by atoms with van der Waals surface area (Å²) in [6.07, 6.45) is 6.31. The molecule has 7 nitrogen and oxygen atoms in total. The van der Waals surface area contributed by atoms with Crippen LogP contribution in [0.2, 0.25) is 0 Å². The summed E-state index contributed by atoms with van der Waals surface area (Å²) < 4.78 is 25.3. The minimum atomic E-state index is -3.60. The molecule has 1 aliphatic rings. The monoisotopic (exact) mass is 367 g/mol. The summed E-state index contributed by atoms with van der Waals surface area (Å²) in [6, 6.07) is 6.48. The molecule has 2 amide bonds. The summed E-state index contributed by atoms with van der Waals surface area (Å²) in [5, 5.41) is 5.55. The van der Waals surface area contributed by atoms with Crippen molar-refractivity contribution in [3.8, 4) is 0 Å². The van der Waals surface area contributed by atoms with E-state index in [4.69, 9.17) is 0 Å². The Morgan fingerprint density at radius 1 is 1.12 bits per heavy atom. The van der Waals surface area contributed by atoms with E-state index in [1.165, 1.54) is 13.3 Å². The molecule has 0 aromatic heterocycles. The second kappa shape index (κ2) is 8.33. The first-order valence-electron chi connectivity index (χ1n) is 8.40. The van der Waals surface area contributed by atoms with Gasteiger partial charge in [0, 0.05) is 18.7 Å². The van der Waals surface area contributed by atoms with Crippen LogP contribution in [0.5, 0.6) is 0 Å². The van der Waals surface area contributed by atoms with Gasteiger partial charge in [0.25, 0.3) is 0 Å². The molecule has 0 aliphatic heterocycles. The number of nitrogens with one attached hydrogen (secondary N) is 2. The van der Waals surface area contributed by atoms with Crippen LogP contribution in [0.15, 0.2) is 24.3 Å². The van der Waals surface area contributed by atoms with Crippen LogP contribution in [0.25, 0.3) is 0 Å². The average molecular weight is 367 g/mol. The van der Waals surface area contributed by atoms with Crippen LogP contribution in [0.1, 0.15) is 39.0 Å². The fourth-order valence-corrected chi connectivity index (χ4v) is 3.82. The fraction of sp³-hybridized carbons (Fsp3) is 0.529. The molecule has 2 rings (SSSR count). The van der Waals surface area contributed by atoms with Crippen molar-refractivity contribution in [1.29, 1.82) is 0 Å². The van der Waals surface area contributed by atoms with E-state index in [9.17, 15) is 18.0 Å². The van der Waals surface area contributed by atoms with Gasteiger partial charge in [-0.3, -0.25) is 13.9 Å². The Morgan fingerprint density at radius 3 is 2.24 bits per heavy atom. The van der Waals surface area contributed by atoms with Crippen molar-refractivity contribution in [2.45, 2.75) is 45.1 Å². The molecule has 1 saturated carbocycles. The molecule has 8 heteroatoms. The number of amides is 2. The third-order valence-corrected chi connectivity index (χ3v) is 5.27. The lowest BCUT2D eigenvalue weighted by Gasteiger charge is -2.26. The maximum absolute atomic E-state index is 12.3. The number of anilines is 2. The molecule has 0 radical (unpaired) electrons. The normalized spacial score (nSPS) is 15.4. The maximum atomic E-state index is 12.3. The van der Waals surface area contributed by atoms with Gasteiger partial charge in [0.05, 0.1) is 11.9 Å². The Hall–Kier alpha value is -2.09. The Balaban J connectivity index is 2.08. The predicted molar refractivity (Wildman–Crippen MR) is 98.0 cm³/mol. The zero-order valence-electron chi connectivity index (χ0n) is 14.6. The summed E-state index contributed by atoms with van der Waals surface area (Å²) in [5.74, 6) is -0.511. The van der Waals surface area contributed by atoms with Gasteiger partial charge in [0.15, 0.2) is 0 Å². The SMILES string of the molecule is CC(=O)Nc1ccc(N(CC(=O)NC2CCCCC2)S(C)(=O)=O)cc1. The van der Waals surface area contributed by atoms with Crippen molar-refractivity contribution < 1.29 is 18.0 Å². The van der Waals surface area contributed by atoms with Crippen LogP contribution in [-0.2, 0) is 19.6 Å². The third-order valence-electron chi connectivity index (χ3n) is 4.13. The van der Waals surface area contributed by atoms with Gasteiger partial charge in [-0.15, -0.1) is 0 Å². The highest BCUT2D eigenvalue weighted by molar-refractivity contribution is 7.92. The van der Waals surface area contributed by atoms with E-state index >= 15 is 0 Å². The quantitative estimate of drug-likeness (QED) is 0.802. The number of hydrogen-bond donors (Lipinski definition) is 2. The zero-order valence-corrected chi connectivity index (χ0v) is 15.4. The van der Waals surface area contributed by atoms with Crippen molar-refractivity contribution in [2.24, 2.45) is 0 Å². The smallest absolute Gasteiger partial charge is 0.240 e.